The van der Waals surface area contributed by atoms with E-state index >= 15 is 0 Å². The zero-order valence-corrected chi connectivity index (χ0v) is 17.4. The molecule has 2 atom stereocenters. The van der Waals surface area contributed by atoms with Crippen molar-refractivity contribution < 1.29 is 14.3 Å². The first-order valence-corrected chi connectivity index (χ1v) is 9.95. The van der Waals surface area contributed by atoms with Gasteiger partial charge >= 0.3 is 0 Å². The molecular formula is C23H29N3O3. The van der Waals surface area contributed by atoms with Crippen LogP contribution in [0.15, 0.2) is 42.5 Å². The van der Waals surface area contributed by atoms with Crippen LogP contribution in [-0.4, -0.2) is 31.0 Å². The number of methoxy groups -OCH3 is 1. The first-order valence-electron chi connectivity index (χ1n) is 9.95. The highest BCUT2D eigenvalue weighted by molar-refractivity contribution is 5.99. The molecule has 3 rings (SSSR count). The summed E-state index contributed by atoms with van der Waals surface area (Å²) in [5, 5.41) is 9.10. The van der Waals surface area contributed by atoms with Crippen LogP contribution in [0.3, 0.4) is 0 Å². The highest BCUT2D eigenvalue weighted by atomic mass is 16.5. The molecule has 154 valence electrons. The van der Waals surface area contributed by atoms with Crippen LogP contribution in [0.1, 0.15) is 30.5 Å². The van der Waals surface area contributed by atoms with Crippen LogP contribution >= 0.6 is 0 Å². The van der Waals surface area contributed by atoms with Crippen LogP contribution in [0.5, 0.6) is 5.75 Å². The normalized spacial score (nSPS) is 16.7. The molecule has 2 aromatic carbocycles. The Labute approximate surface area is 172 Å². The fourth-order valence-corrected chi connectivity index (χ4v) is 3.54. The lowest BCUT2D eigenvalue weighted by molar-refractivity contribution is -0.128. The summed E-state index contributed by atoms with van der Waals surface area (Å²) in [6, 6.07) is 12.7. The number of aryl methyl sites for hydroxylation is 1. The number of hydrogen-bond donors (Lipinski definition) is 3. The first kappa shape index (κ1) is 20.9. The topological polar surface area (TPSA) is 79.5 Å². The Kier molecular flexibility index (Phi) is 6.54. The molecule has 3 N–H and O–H groups in total. The molecule has 0 saturated heterocycles. The average Bonchev–Trinajstić information content (AvgIpc) is 2.72. The lowest BCUT2D eigenvalue weighted by Gasteiger charge is -2.28. The van der Waals surface area contributed by atoms with E-state index in [0.29, 0.717) is 24.4 Å². The number of amides is 2. The molecule has 29 heavy (non-hydrogen) atoms. The molecule has 6 heteroatoms. The molecule has 1 aliphatic rings. The number of fused-ring (bicyclic) bond motifs is 1. The Morgan fingerprint density at radius 3 is 2.55 bits per heavy atom. The summed E-state index contributed by atoms with van der Waals surface area (Å²) < 4.78 is 5.36. The molecule has 0 saturated carbocycles. The van der Waals surface area contributed by atoms with Crippen molar-refractivity contribution in [3.8, 4) is 5.75 Å². The number of hydrogen-bond acceptors (Lipinski definition) is 4. The van der Waals surface area contributed by atoms with Gasteiger partial charge in [-0.1, -0.05) is 44.2 Å². The van der Waals surface area contributed by atoms with E-state index in [1.54, 1.807) is 7.11 Å². The Bertz CT molecular complexity index is 895. The molecule has 0 aliphatic carbocycles. The predicted octanol–water partition coefficient (Wildman–Crippen LogP) is 2.80. The van der Waals surface area contributed by atoms with Gasteiger partial charge in [0.05, 0.1) is 18.8 Å². The van der Waals surface area contributed by atoms with Crippen molar-refractivity contribution in [2.24, 2.45) is 5.92 Å². The van der Waals surface area contributed by atoms with E-state index in [0.717, 1.165) is 5.56 Å². The van der Waals surface area contributed by atoms with Crippen molar-refractivity contribution in [1.29, 1.82) is 0 Å². The van der Waals surface area contributed by atoms with E-state index < -0.39 is 6.04 Å². The third-order valence-corrected chi connectivity index (χ3v) is 5.26. The molecule has 2 unspecified atom stereocenters. The number of benzene rings is 2. The van der Waals surface area contributed by atoms with Gasteiger partial charge in [-0.2, -0.15) is 0 Å². The minimum Gasteiger partial charge on any atom is -0.495 e. The summed E-state index contributed by atoms with van der Waals surface area (Å²) in [4.78, 5) is 25.8. The number of nitrogens with one attached hydrogen (secondary N) is 3. The average molecular weight is 396 g/mol. The smallest absolute Gasteiger partial charge is 0.247 e. The zero-order valence-electron chi connectivity index (χ0n) is 17.4. The summed E-state index contributed by atoms with van der Waals surface area (Å²) in [7, 11) is 1.57. The number of ether oxygens (including phenoxy) is 1. The van der Waals surface area contributed by atoms with Crippen LogP contribution in [0.25, 0.3) is 0 Å². The molecule has 2 amide bonds. The van der Waals surface area contributed by atoms with E-state index in [4.69, 9.17) is 4.74 Å². The third kappa shape index (κ3) is 4.95. The molecule has 0 fully saturated rings. The largest absolute Gasteiger partial charge is 0.495 e. The fourth-order valence-electron chi connectivity index (χ4n) is 3.54. The zero-order chi connectivity index (χ0) is 21.0. The summed E-state index contributed by atoms with van der Waals surface area (Å²) in [5.41, 5.74) is 4.01. The molecule has 0 spiro atoms. The molecule has 0 radical (unpaired) electrons. The Morgan fingerprint density at radius 2 is 1.86 bits per heavy atom. The Hall–Kier alpha value is -2.86. The minimum absolute atomic E-state index is 0.0636. The van der Waals surface area contributed by atoms with Gasteiger partial charge in [-0.05, 0) is 48.1 Å². The van der Waals surface area contributed by atoms with Gasteiger partial charge in [0.15, 0.2) is 0 Å². The van der Waals surface area contributed by atoms with Gasteiger partial charge in [0.25, 0.3) is 0 Å². The summed E-state index contributed by atoms with van der Waals surface area (Å²) >= 11 is 0. The second kappa shape index (κ2) is 9.09. The lowest BCUT2D eigenvalue weighted by atomic mass is 9.94. The Morgan fingerprint density at radius 1 is 1.14 bits per heavy atom. The standard InChI is InChI=1S/C23H29N3O3/c1-14(2)21(23(28)25-18-10-9-15(3)11-20(18)29-4)26-22(27)19-12-16-7-5-6-8-17(16)13-24-19/h5-11,14,19,21,24H,12-13H2,1-4H3,(H,25,28)(H,26,27). The highest BCUT2D eigenvalue weighted by Crippen LogP contribution is 2.26. The third-order valence-electron chi connectivity index (χ3n) is 5.26. The maximum atomic E-state index is 12.9. The van der Waals surface area contributed by atoms with Crippen LogP contribution in [0.4, 0.5) is 5.69 Å². The second-order valence-corrected chi connectivity index (χ2v) is 7.83. The lowest BCUT2D eigenvalue weighted by Crippen LogP contribution is -2.54. The van der Waals surface area contributed by atoms with Gasteiger partial charge in [0, 0.05) is 6.54 Å². The maximum Gasteiger partial charge on any atom is 0.247 e. The van der Waals surface area contributed by atoms with Crippen LogP contribution < -0.4 is 20.7 Å². The molecular weight excluding hydrogens is 366 g/mol. The fraction of sp³-hybridized carbons (Fsp3) is 0.391. The number of carbonyl (C=O) groups excluding carboxylic acids is 2. The summed E-state index contributed by atoms with van der Waals surface area (Å²) in [6.45, 7) is 6.44. The quantitative estimate of drug-likeness (QED) is 0.703. The van der Waals surface area contributed by atoms with Gasteiger partial charge in [-0.15, -0.1) is 0 Å². The van der Waals surface area contributed by atoms with E-state index in [9.17, 15) is 9.59 Å². The number of carbonyl (C=O) groups is 2. The van der Waals surface area contributed by atoms with Crippen LogP contribution in [0.2, 0.25) is 0 Å². The predicted molar refractivity (Wildman–Crippen MR) is 114 cm³/mol. The van der Waals surface area contributed by atoms with E-state index in [2.05, 4.69) is 22.0 Å². The van der Waals surface area contributed by atoms with Gasteiger partial charge < -0.3 is 20.7 Å². The second-order valence-electron chi connectivity index (χ2n) is 7.83. The SMILES string of the molecule is COc1cc(C)ccc1NC(=O)C(NC(=O)C1Cc2ccccc2CN1)C(C)C. The first-order chi connectivity index (χ1) is 13.9. The number of rotatable bonds is 6. The van der Waals surface area contributed by atoms with Gasteiger partial charge in [-0.3, -0.25) is 9.59 Å². The van der Waals surface area contributed by atoms with E-state index in [1.807, 2.05) is 57.2 Å². The highest BCUT2D eigenvalue weighted by Gasteiger charge is 2.30. The van der Waals surface area contributed by atoms with Crippen LogP contribution in [0, 0.1) is 12.8 Å². The molecule has 1 heterocycles. The molecule has 0 aromatic heterocycles. The van der Waals surface area contributed by atoms with E-state index in [1.165, 1.54) is 11.1 Å². The van der Waals surface area contributed by atoms with Gasteiger partial charge in [-0.25, -0.2) is 0 Å². The van der Waals surface area contributed by atoms with Crippen LogP contribution in [-0.2, 0) is 22.6 Å². The summed E-state index contributed by atoms with van der Waals surface area (Å²) in [6.07, 6.45) is 0.611. The summed E-state index contributed by atoms with van der Waals surface area (Å²) in [5.74, 6) is 0.111. The van der Waals surface area contributed by atoms with Gasteiger partial charge in [0.1, 0.15) is 11.8 Å². The van der Waals surface area contributed by atoms with Crippen molar-refractivity contribution >= 4 is 17.5 Å². The van der Waals surface area contributed by atoms with Crippen molar-refractivity contribution in [1.82, 2.24) is 10.6 Å². The molecule has 6 nitrogen and oxygen atoms in total. The number of anilines is 1. The monoisotopic (exact) mass is 395 g/mol. The van der Waals surface area contributed by atoms with Gasteiger partial charge in [0.2, 0.25) is 11.8 Å². The maximum absolute atomic E-state index is 12.9. The molecule has 1 aliphatic heterocycles. The minimum atomic E-state index is -0.646. The Balaban J connectivity index is 1.68. The molecule has 0 bridgehead atoms. The van der Waals surface area contributed by atoms with Crippen molar-refractivity contribution in [2.75, 3.05) is 12.4 Å². The van der Waals surface area contributed by atoms with Crippen molar-refractivity contribution in [3.63, 3.8) is 0 Å². The van der Waals surface area contributed by atoms with Crippen molar-refractivity contribution in [3.05, 3.63) is 59.2 Å². The molecule has 2 aromatic rings. The van der Waals surface area contributed by atoms with E-state index in [-0.39, 0.29) is 23.8 Å². The van der Waals surface area contributed by atoms with Crippen molar-refractivity contribution in [2.45, 2.75) is 45.8 Å².